The lowest BCUT2D eigenvalue weighted by Gasteiger charge is -2.08. The summed E-state index contributed by atoms with van der Waals surface area (Å²) in [6.07, 6.45) is 2.17. The van der Waals surface area contributed by atoms with Crippen LogP contribution in [-0.2, 0) is 11.2 Å². The minimum Gasteiger partial charge on any atom is -0.495 e. The van der Waals surface area contributed by atoms with Crippen LogP contribution in [0.15, 0.2) is 35.4 Å². The van der Waals surface area contributed by atoms with Gasteiger partial charge in [-0.3, -0.25) is 4.79 Å². The van der Waals surface area contributed by atoms with Crippen molar-refractivity contribution in [3.8, 4) is 11.8 Å². The number of nitrogens with one attached hydrogen (secondary N) is 1. The number of hydrogen-bond donors (Lipinski definition) is 1. The van der Waals surface area contributed by atoms with Gasteiger partial charge in [-0.15, -0.1) is 11.8 Å². The molecule has 0 spiro atoms. The molecule has 0 fully saturated rings. The van der Waals surface area contributed by atoms with E-state index in [4.69, 9.17) is 16.3 Å². The summed E-state index contributed by atoms with van der Waals surface area (Å²) in [5.74, 6) is 0.969. The number of nitriles is 1. The van der Waals surface area contributed by atoms with Crippen molar-refractivity contribution in [3.05, 3.63) is 46.6 Å². The van der Waals surface area contributed by atoms with E-state index in [0.29, 0.717) is 39.2 Å². The molecule has 0 saturated heterocycles. The van der Waals surface area contributed by atoms with Crippen molar-refractivity contribution in [2.24, 2.45) is 0 Å². The zero-order valence-corrected chi connectivity index (χ0v) is 16.3. The fourth-order valence-corrected chi connectivity index (χ4v) is 3.47. The van der Waals surface area contributed by atoms with Crippen molar-refractivity contribution >= 4 is 35.0 Å². The van der Waals surface area contributed by atoms with Gasteiger partial charge in [-0.25, -0.2) is 4.98 Å². The third-order valence-corrected chi connectivity index (χ3v) is 4.84. The van der Waals surface area contributed by atoms with Crippen LogP contribution in [0.3, 0.4) is 0 Å². The van der Waals surface area contributed by atoms with Gasteiger partial charge in [-0.2, -0.15) is 5.26 Å². The Bertz CT molecular complexity index is 821. The number of carbonyl (C=O) groups is 1. The monoisotopic (exact) mass is 389 g/mol. The summed E-state index contributed by atoms with van der Waals surface area (Å²) in [5.41, 5.74) is 2.12. The fraction of sp³-hybridized carbons (Fsp3) is 0.316. The molecule has 0 unspecified atom stereocenters. The molecule has 5 nitrogen and oxygen atoms in total. The number of aryl methyl sites for hydroxylation is 1. The molecule has 136 valence electrons. The predicted molar refractivity (Wildman–Crippen MR) is 105 cm³/mol. The average molecular weight is 390 g/mol. The van der Waals surface area contributed by atoms with Crippen LogP contribution in [-0.4, -0.2) is 23.8 Å². The molecule has 7 heteroatoms. The van der Waals surface area contributed by atoms with Crippen LogP contribution in [0.2, 0.25) is 5.02 Å². The van der Waals surface area contributed by atoms with Crippen molar-refractivity contribution in [2.45, 2.75) is 31.2 Å². The number of anilines is 1. The largest absolute Gasteiger partial charge is 0.495 e. The van der Waals surface area contributed by atoms with Crippen LogP contribution in [0.5, 0.6) is 5.75 Å². The van der Waals surface area contributed by atoms with Gasteiger partial charge in [0.2, 0.25) is 5.91 Å². The van der Waals surface area contributed by atoms with E-state index in [0.717, 1.165) is 18.5 Å². The number of ether oxygens (including phenoxy) is 1. The lowest BCUT2D eigenvalue weighted by Crippen LogP contribution is -2.12. The van der Waals surface area contributed by atoms with Gasteiger partial charge in [0.25, 0.3) is 0 Å². The second-order valence-corrected chi connectivity index (χ2v) is 7.00. The average Bonchev–Trinajstić information content (AvgIpc) is 2.62. The van der Waals surface area contributed by atoms with E-state index >= 15 is 0 Å². The Hall–Kier alpha value is -2.23. The smallest absolute Gasteiger partial charge is 0.225 e. The number of amides is 1. The summed E-state index contributed by atoms with van der Waals surface area (Å²) in [4.78, 5) is 16.6. The van der Waals surface area contributed by atoms with Crippen LogP contribution >= 0.6 is 23.4 Å². The van der Waals surface area contributed by atoms with Gasteiger partial charge in [0.15, 0.2) is 0 Å². The molecule has 0 aliphatic carbocycles. The minimum atomic E-state index is -0.123. The third kappa shape index (κ3) is 5.65. The van der Waals surface area contributed by atoms with Gasteiger partial charge in [0, 0.05) is 23.6 Å². The number of hydrogen-bond acceptors (Lipinski definition) is 5. The van der Waals surface area contributed by atoms with E-state index in [2.05, 4.69) is 23.3 Å². The van der Waals surface area contributed by atoms with Gasteiger partial charge in [-0.1, -0.05) is 24.9 Å². The summed E-state index contributed by atoms with van der Waals surface area (Å²) >= 11 is 7.47. The molecule has 1 amide bonds. The highest BCUT2D eigenvalue weighted by Gasteiger charge is 2.09. The molecule has 0 aliphatic rings. The fourth-order valence-electron chi connectivity index (χ4n) is 2.28. The molecule has 2 aromatic rings. The van der Waals surface area contributed by atoms with Crippen LogP contribution < -0.4 is 10.1 Å². The van der Waals surface area contributed by atoms with Gasteiger partial charge >= 0.3 is 0 Å². The van der Waals surface area contributed by atoms with Gasteiger partial charge in [-0.05, 0) is 36.8 Å². The summed E-state index contributed by atoms with van der Waals surface area (Å²) < 4.78 is 5.09. The van der Waals surface area contributed by atoms with Gasteiger partial charge in [0.1, 0.15) is 16.8 Å². The Morgan fingerprint density at radius 3 is 2.85 bits per heavy atom. The number of pyridine rings is 1. The topological polar surface area (TPSA) is 75.0 Å². The molecule has 0 atom stereocenters. The number of thioether (sulfide) groups is 1. The first-order valence-corrected chi connectivity index (χ1v) is 9.60. The zero-order valence-electron chi connectivity index (χ0n) is 14.7. The molecular formula is C19H20ClN3O2S. The predicted octanol–water partition coefficient (Wildman–Crippen LogP) is 4.69. The molecular weight excluding hydrogens is 370 g/mol. The van der Waals surface area contributed by atoms with E-state index < -0.39 is 0 Å². The van der Waals surface area contributed by atoms with E-state index in [1.165, 1.54) is 18.9 Å². The standard InChI is InChI=1S/C19H20ClN3O2S/c1-3-4-14-6-5-13(12-21)19(23-14)26-10-9-18(24)22-15-7-8-17(25-2)16(20)11-15/h5-8,11H,3-4,9-10H2,1-2H3,(H,22,24). The lowest BCUT2D eigenvalue weighted by molar-refractivity contribution is -0.115. The Kier molecular flexibility index (Phi) is 7.76. The summed E-state index contributed by atoms with van der Waals surface area (Å²) in [6, 6.07) is 10.9. The Balaban J connectivity index is 1.91. The summed E-state index contributed by atoms with van der Waals surface area (Å²) in [7, 11) is 1.54. The van der Waals surface area contributed by atoms with Crippen LogP contribution in [0.25, 0.3) is 0 Å². The quantitative estimate of drug-likeness (QED) is 0.663. The first-order valence-electron chi connectivity index (χ1n) is 8.23. The van der Waals surface area contributed by atoms with E-state index in [1.807, 2.05) is 6.07 Å². The maximum Gasteiger partial charge on any atom is 0.225 e. The molecule has 1 heterocycles. The molecule has 1 N–H and O–H groups in total. The molecule has 26 heavy (non-hydrogen) atoms. The van der Waals surface area contributed by atoms with E-state index in [9.17, 15) is 10.1 Å². The molecule has 0 radical (unpaired) electrons. The highest BCUT2D eigenvalue weighted by atomic mass is 35.5. The SMILES string of the molecule is CCCc1ccc(C#N)c(SCCC(=O)Nc2ccc(OC)c(Cl)c2)n1. The Morgan fingerprint density at radius 2 is 2.19 bits per heavy atom. The number of benzene rings is 1. The highest BCUT2D eigenvalue weighted by Crippen LogP contribution is 2.27. The van der Waals surface area contributed by atoms with Crippen molar-refractivity contribution in [1.82, 2.24) is 4.98 Å². The van der Waals surface area contributed by atoms with Crippen molar-refractivity contribution in [2.75, 3.05) is 18.2 Å². The highest BCUT2D eigenvalue weighted by molar-refractivity contribution is 7.99. The molecule has 0 saturated carbocycles. The van der Waals surface area contributed by atoms with Crippen LogP contribution in [0.4, 0.5) is 5.69 Å². The maximum absolute atomic E-state index is 12.1. The maximum atomic E-state index is 12.1. The van der Waals surface area contributed by atoms with Crippen molar-refractivity contribution < 1.29 is 9.53 Å². The number of nitrogens with zero attached hydrogens (tertiary/aromatic N) is 2. The number of carbonyl (C=O) groups excluding carboxylic acids is 1. The number of aromatic nitrogens is 1. The van der Waals surface area contributed by atoms with Gasteiger partial charge < -0.3 is 10.1 Å². The third-order valence-electron chi connectivity index (χ3n) is 3.55. The number of rotatable bonds is 8. The minimum absolute atomic E-state index is 0.123. The second-order valence-electron chi connectivity index (χ2n) is 5.51. The summed E-state index contributed by atoms with van der Waals surface area (Å²) in [6.45, 7) is 2.09. The van der Waals surface area contributed by atoms with E-state index in [-0.39, 0.29) is 5.91 Å². The zero-order chi connectivity index (χ0) is 18.9. The molecule has 1 aromatic carbocycles. The van der Waals surface area contributed by atoms with Crippen LogP contribution in [0, 0.1) is 11.3 Å². The normalized spacial score (nSPS) is 10.2. The van der Waals surface area contributed by atoms with E-state index in [1.54, 1.807) is 24.3 Å². The number of halogens is 1. The first kappa shape index (κ1) is 20.1. The number of methoxy groups -OCH3 is 1. The molecule has 1 aromatic heterocycles. The van der Waals surface area contributed by atoms with Gasteiger partial charge in [0.05, 0.1) is 17.7 Å². The summed E-state index contributed by atoms with van der Waals surface area (Å²) in [5, 5.41) is 13.1. The molecule has 0 aliphatic heterocycles. The first-order chi connectivity index (χ1) is 12.6. The van der Waals surface area contributed by atoms with Crippen LogP contribution in [0.1, 0.15) is 31.0 Å². The second kappa shape index (κ2) is 10.0. The Labute approximate surface area is 162 Å². The lowest BCUT2D eigenvalue weighted by atomic mass is 10.2. The van der Waals surface area contributed by atoms with Crippen molar-refractivity contribution in [1.29, 1.82) is 5.26 Å². The van der Waals surface area contributed by atoms with Crippen molar-refractivity contribution in [3.63, 3.8) is 0 Å². The molecule has 2 rings (SSSR count). The molecule has 0 bridgehead atoms. The Morgan fingerprint density at radius 1 is 1.38 bits per heavy atom.